The minimum absolute atomic E-state index is 0.0660. The van der Waals surface area contributed by atoms with Crippen LogP contribution in [0, 0.1) is 5.92 Å². The molecule has 4 atom stereocenters. The molecule has 0 aliphatic carbocycles. The van der Waals surface area contributed by atoms with Gasteiger partial charge in [0.1, 0.15) is 6.10 Å². The molecule has 0 unspecified atom stereocenters. The highest BCUT2D eigenvalue weighted by atomic mass is 16.6. The van der Waals surface area contributed by atoms with Gasteiger partial charge in [-0.1, -0.05) is 30.3 Å². The van der Waals surface area contributed by atoms with Crippen LogP contribution in [-0.2, 0) is 38.1 Å². The van der Waals surface area contributed by atoms with E-state index in [4.69, 9.17) is 24.1 Å². The van der Waals surface area contributed by atoms with Gasteiger partial charge in [0.25, 0.3) is 0 Å². The van der Waals surface area contributed by atoms with Crippen molar-refractivity contribution in [2.75, 3.05) is 33.0 Å². The molecule has 0 spiro atoms. The molecule has 1 aromatic carbocycles. The van der Waals surface area contributed by atoms with Crippen LogP contribution in [0.2, 0.25) is 0 Å². The van der Waals surface area contributed by atoms with E-state index in [1.54, 1.807) is 31.2 Å². The van der Waals surface area contributed by atoms with E-state index in [9.17, 15) is 24.0 Å². The van der Waals surface area contributed by atoms with Crippen molar-refractivity contribution in [3.8, 4) is 0 Å². The molecule has 1 fully saturated rings. The van der Waals surface area contributed by atoms with Gasteiger partial charge in [0.15, 0.2) is 17.7 Å². The lowest BCUT2D eigenvalue weighted by Gasteiger charge is -2.26. The van der Waals surface area contributed by atoms with E-state index in [2.05, 4.69) is 0 Å². The maximum absolute atomic E-state index is 13.2. The summed E-state index contributed by atoms with van der Waals surface area (Å²) in [6.07, 6.45) is -0.492. The van der Waals surface area contributed by atoms with Crippen LogP contribution in [0.1, 0.15) is 45.3 Å². The first-order chi connectivity index (χ1) is 18.2. The van der Waals surface area contributed by atoms with Crippen molar-refractivity contribution in [3.63, 3.8) is 0 Å². The van der Waals surface area contributed by atoms with Gasteiger partial charge in [0, 0.05) is 20.0 Å². The standard InChI is InChI=1S/C27H35NO10/c1-18(26(33)28-19(2)25(38-27(28)34)21-8-5-4-6-9-21)24(37-20(3)30)23(32)12-11-22(31)10-7-14-35-16-17-36-15-13-29/h4-6,8-9,11-12,18-19,24-25,29H,7,10,13-17H2,1-3H3/t18-,19-,24-,25-/m0/s1. The van der Waals surface area contributed by atoms with Gasteiger partial charge in [0.2, 0.25) is 5.91 Å². The number of nitrogens with zero attached hydrogens (tertiary/aromatic N) is 1. The van der Waals surface area contributed by atoms with Gasteiger partial charge in [-0.25, -0.2) is 9.69 Å². The first-order valence-corrected chi connectivity index (χ1v) is 12.4. The lowest BCUT2D eigenvalue weighted by molar-refractivity contribution is -0.158. The number of aliphatic hydroxyl groups excluding tert-OH is 1. The second-order valence-electron chi connectivity index (χ2n) is 8.74. The molecule has 1 aromatic rings. The summed E-state index contributed by atoms with van der Waals surface area (Å²) in [4.78, 5) is 63.4. The Labute approximate surface area is 221 Å². The predicted octanol–water partition coefficient (Wildman–Crippen LogP) is 2.16. The normalized spacial score (nSPS) is 18.7. The zero-order valence-corrected chi connectivity index (χ0v) is 21.9. The molecule has 0 saturated carbocycles. The van der Waals surface area contributed by atoms with E-state index < -0.39 is 47.9 Å². The predicted molar refractivity (Wildman–Crippen MR) is 134 cm³/mol. The van der Waals surface area contributed by atoms with Gasteiger partial charge in [-0.2, -0.15) is 0 Å². The number of ether oxygens (including phenoxy) is 4. The highest BCUT2D eigenvalue weighted by Crippen LogP contribution is 2.33. The third kappa shape index (κ3) is 9.16. The average Bonchev–Trinajstić information content (AvgIpc) is 3.20. The quantitative estimate of drug-likeness (QED) is 0.191. The summed E-state index contributed by atoms with van der Waals surface area (Å²) in [6.45, 7) is 5.26. The number of aliphatic hydroxyl groups is 1. The molecule has 0 radical (unpaired) electrons. The average molecular weight is 534 g/mol. The van der Waals surface area contributed by atoms with Crippen LogP contribution in [0.15, 0.2) is 42.5 Å². The Hall–Kier alpha value is -3.41. The fraction of sp³-hybridized carbons (Fsp3) is 0.519. The van der Waals surface area contributed by atoms with E-state index in [1.165, 1.54) is 6.92 Å². The van der Waals surface area contributed by atoms with Crippen LogP contribution in [0.5, 0.6) is 0 Å². The second-order valence-corrected chi connectivity index (χ2v) is 8.74. The Balaban J connectivity index is 1.96. The number of imide groups is 1. The lowest BCUT2D eigenvalue weighted by atomic mass is 9.96. The van der Waals surface area contributed by atoms with Crippen molar-refractivity contribution >= 4 is 29.5 Å². The number of esters is 1. The first kappa shape index (κ1) is 30.8. The van der Waals surface area contributed by atoms with E-state index in [1.807, 2.05) is 6.07 Å². The summed E-state index contributed by atoms with van der Waals surface area (Å²) in [5.74, 6) is -3.84. The van der Waals surface area contributed by atoms with Crippen molar-refractivity contribution in [3.05, 3.63) is 48.0 Å². The third-order valence-electron chi connectivity index (χ3n) is 5.81. The summed E-state index contributed by atoms with van der Waals surface area (Å²) in [5, 5.41) is 8.62. The molecule has 2 rings (SSSR count). The number of amides is 2. The topological polar surface area (TPSA) is 146 Å². The van der Waals surface area contributed by atoms with Gasteiger partial charge in [-0.3, -0.25) is 19.2 Å². The van der Waals surface area contributed by atoms with Gasteiger partial charge in [-0.05, 0) is 38.0 Å². The van der Waals surface area contributed by atoms with Crippen molar-refractivity contribution in [1.29, 1.82) is 0 Å². The first-order valence-electron chi connectivity index (χ1n) is 12.4. The summed E-state index contributed by atoms with van der Waals surface area (Å²) in [7, 11) is 0. The number of allylic oxidation sites excluding steroid dienone is 1. The van der Waals surface area contributed by atoms with Gasteiger partial charge in [0.05, 0.1) is 38.4 Å². The Kier molecular flexibility index (Phi) is 12.8. The van der Waals surface area contributed by atoms with E-state index in [0.717, 1.165) is 24.0 Å². The van der Waals surface area contributed by atoms with Crippen molar-refractivity contribution < 1.29 is 48.0 Å². The number of ketones is 2. The van der Waals surface area contributed by atoms with Gasteiger partial charge >= 0.3 is 12.1 Å². The number of hydrogen-bond acceptors (Lipinski definition) is 10. The zero-order chi connectivity index (χ0) is 28.1. The summed E-state index contributed by atoms with van der Waals surface area (Å²) in [6, 6.07) is 8.28. The number of benzene rings is 1. The van der Waals surface area contributed by atoms with Crippen LogP contribution in [0.4, 0.5) is 4.79 Å². The molecule has 2 amide bonds. The summed E-state index contributed by atoms with van der Waals surface area (Å²) in [5.41, 5.74) is 0.714. The number of carbonyl (C=O) groups excluding carboxylic acids is 5. The molecule has 1 saturated heterocycles. The monoisotopic (exact) mass is 533 g/mol. The molecule has 1 heterocycles. The number of carbonyl (C=O) groups is 5. The molecule has 38 heavy (non-hydrogen) atoms. The largest absolute Gasteiger partial charge is 0.453 e. The Morgan fingerprint density at radius 3 is 2.34 bits per heavy atom. The molecule has 208 valence electrons. The molecule has 1 aliphatic rings. The van der Waals surface area contributed by atoms with Gasteiger partial charge < -0.3 is 24.1 Å². The Morgan fingerprint density at radius 2 is 1.71 bits per heavy atom. The van der Waals surface area contributed by atoms with E-state index in [-0.39, 0.29) is 25.4 Å². The molecule has 11 heteroatoms. The molecule has 1 N–H and O–H groups in total. The minimum atomic E-state index is -1.53. The van der Waals surface area contributed by atoms with Crippen LogP contribution >= 0.6 is 0 Å². The number of hydrogen-bond donors (Lipinski definition) is 1. The smallest absolute Gasteiger partial charge is 0.417 e. The maximum Gasteiger partial charge on any atom is 0.417 e. The third-order valence-corrected chi connectivity index (χ3v) is 5.81. The SMILES string of the molecule is CC(=O)O[C@H](C(=O)C=CC(=O)CCCOCCOCCO)[C@H](C)C(=O)N1C(=O)O[C@H](c2ccccc2)[C@@H]1C. The molecular weight excluding hydrogens is 498 g/mol. The fourth-order valence-electron chi connectivity index (χ4n) is 3.87. The van der Waals surface area contributed by atoms with Crippen molar-refractivity contribution in [2.45, 2.75) is 51.9 Å². The Morgan fingerprint density at radius 1 is 1.05 bits per heavy atom. The van der Waals surface area contributed by atoms with Crippen molar-refractivity contribution in [1.82, 2.24) is 4.90 Å². The van der Waals surface area contributed by atoms with Crippen LogP contribution in [-0.4, -0.2) is 84.7 Å². The highest BCUT2D eigenvalue weighted by molar-refractivity contribution is 6.04. The highest BCUT2D eigenvalue weighted by Gasteiger charge is 2.47. The molecule has 11 nitrogen and oxygen atoms in total. The van der Waals surface area contributed by atoms with Gasteiger partial charge in [-0.15, -0.1) is 0 Å². The van der Waals surface area contributed by atoms with Crippen LogP contribution in [0.25, 0.3) is 0 Å². The Bertz CT molecular complexity index is 993. The second kappa shape index (κ2) is 15.8. The number of rotatable bonds is 16. The molecule has 1 aliphatic heterocycles. The minimum Gasteiger partial charge on any atom is -0.453 e. The lowest BCUT2D eigenvalue weighted by Crippen LogP contribution is -2.47. The summed E-state index contributed by atoms with van der Waals surface area (Å²) >= 11 is 0. The van der Waals surface area contributed by atoms with Crippen LogP contribution in [0.3, 0.4) is 0 Å². The summed E-state index contributed by atoms with van der Waals surface area (Å²) < 4.78 is 20.9. The maximum atomic E-state index is 13.2. The molecule has 0 aromatic heterocycles. The van der Waals surface area contributed by atoms with E-state index >= 15 is 0 Å². The van der Waals surface area contributed by atoms with Crippen LogP contribution < -0.4 is 0 Å². The molecule has 0 bridgehead atoms. The molecular formula is C27H35NO10. The fourth-order valence-corrected chi connectivity index (χ4v) is 3.87. The number of cyclic esters (lactones) is 1. The zero-order valence-electron chi connectivity index (χ0n) is 21.9. The van der Waals surface area contributed by atoms with Crippen molar-refractivity contribution in [2.24, 2.45) is 5.92 Å². The van der Waals surface area contributed by atoms with E-state index in [0.29, 0.717) is 31.8 Å².